The van der Waals surface area contributed by atoms with E-state index < -0.39 is 10.9 Å². The topological polar surface area (TPSA) is 92.1 Å². The molecule has 2 aliphatic heterocycles. The summed E-state index contributed by atoms with van der Waals surface area (Å²) in [5.41, 5.74) is -0.0646. The van der Waals surface area contributed by atoms with Gasteiger partial charge in [-0.15, -0.1) is 0 Å². The van der Waals surface area contributed by atoms with Crippen LogP contribution in [0, 0.1) is 10.1 Å². The molecule has 9 heteroatoms. The third kappa shape index (κ3) is 4.54. The van der Waals surface area contributed by atoms with Gasteiger partial charge in [0.25, 0.3) is 0 Å². The second-order valence-corrected chi connectivity index (χ2v) is 7.23. The second kappa shape index (κ2) is 8.62. The highest BCUT2D eigenvalue weighted by Crippen LogP contribution is 2.28. The Morgan fingerprint density at radius 3 is 2.67 bits per heavy atom. The molecular formula is C18H27N5O4. The number of piperazine rings is 1. The van der Waals surface area contributed by atoms with Gasteiger partial charge in [0.1, 0.15) is 0 Å². The molecule has 3 rings (SSSR count). The number of carbonyl (C=O) groups is 1. The molecule has 9 nitrogen and oxygen atoms in total. The molecule has 0 spiro atoms. The lowest BCUT2D eigenvalue weighted by Gasteiger charge is -2.40. The first-order chi connectivity index (χ1) is 13.0. The Bertz CT molecular complexity index is 690. The Morgan fingerprint density at radius 1 is 1.30 bits per heavy atom. The first-order valence-corrected chi connectivity index (χ1v) is 9.40. The van der Waals surface area contributed by atoms with Gasteiger partial charge in [-0.05, 0) is 26.4 Å². The summed E-state index contributed by atoms with van der Waals surface area (Å²) in [5, 5.41) is 11.5. The summed E-state index contributed by atoms with van der Waals surface area (Å²) in [6.45, 7) is 5.27. The van der Waals surface area contributed by atoms with Crippen LogP contribution in [0.1, 0.15) is 29.6 Å². The van der Waals surface area contributed by atoms with E-state index in [-0.39, 0.29) is 11.3 Å². The monoisotopic (exact) mass is 377 g/mol. The SMILES string of the molecule is COC(=O)c1cnc(N2CCN(CC3CCCCN3C)CC2)c([N+](=O)[O-])c1. The molecule has 1 atom stereocenters. The van der Waals surface area contributed by atoms with Gasteiger partial charge < -0.3 is 14.5 Å². The number of esters is 1. The summed E-state index contributed by atoms with van der Waals surface area (Å²) < 4.78 is 4.63. The van der Waals surface area contributed by atoms with Gasteiger partial charge >= 0.3 is 11.7 Å². The Hall–Kier alpha value is -2.26. The number of nitro groups is 1. The predicted molar refractivity (Wildman–Crippen MR) is 101 cm³/mol. The van der Waals surface area contributed by atoms with Gasteiger partial charge in [-0.3, -0.25) is 15.0 Å². The van der Waals surface area contributed by atoms with Crippen LogP contribution >= 0.6 is 0 Å². The first kappa shape index (κ1) is 19.5. The standard InChI is InChI=1S/C18H27N5O4/c1-20-6-4-3-5-15(20)13-21-7-9-22(10-8-21)17-16(23(25)26)11-14(12-19-17)18(24)27-2/h11-12,15H,3-10,13H2,1-2H3. The maximum Gasteiger partial charge on any atom is 0.339 e. The van der Waals surface area contributed by atoms with E-state index in [2.05, 4.69) is 26.6 Å². The molecular weight excluding hydrogens is 350 g/mol. The highest BCUT2D eigenvalue weighted by Gasteiger charge is 2.28. The molecule has 0 radical (unpaired) electrons. The molecule has 1 aromatic heterocycles. The predicted octanol–water partition coefficient (Wildman–Crippen LogP) is 1.38. The van der Waals surface area contributed by atoms with Gasteiger partial charge in [-0.25, -0.2) is 9.78 Å². The summed E-state index contributed by atoms with van der Waals surface area (Å²) in [7, 11) is 3.43. The summed E-state index contributed by atoms with van der Waals surface area (Å²) in [5.74, 6) is -0.305. The molecule has 27 heavy (non-hydrogen) atoms. The molecule has 1 aromatic rings. The quantitative estimate of drug-likeness (QED) is 0.432. The van der Waals surface area contributed by atoms with Crippen molar-refractivity contribution < 1.29 is 14.5 Å². The van der Waals surface area contributed by atoms with E-state index in [0.29, 0.717) is 24.9 Å². The number of nitrogens with zero attached hydrogens (tertiary/aromatic N) is 5. The van der Waals surface area contributed by atoms with Gasteiger partial charge in [0, 0.05) is 51.0 Å². The lowest BCUT2D eigenvalue weighted by atomic mass is 10.0. The molecule has 0 amide bonds. The number of likely N-dealkylation sites (N-methyl/N-ethyl adjacent to an activating group) is 1. The van der Waals surface area contributed by atoms with E-state index >= 15 is 0 Å². The maximum absolute atomic E-state index is 11.6. The van der Waals surface area contributed by atoms with Crippen LogP contribution in [0.2, 0.25) is 0 Å². The fourth-order valence-electron chi connectivity index (χ4n) is 3.87. The van der Waals surface area contributed by atoms with Gasteiger partial charge in [0.15, 0.2) is 0 Å². The number of carbonyl (C=O) groups excluding carboxylic acids is 1. The highest BCUT2D eigenvalue weighted by atomic mass is 16.6. The van der Waals surface area contributed by atoms with Gasteiger partial charge in [-0.2, -0.15) is 0 Å². The normalized spacial score (nSPS) is 21.9. The van der Waals surface area contributed by atoms with Crippen LogP contribution in [0.3, 0.4) is 0 Å². The lowest BCUT2D eigenvalue weighted by Crippen LogP contribution is -2.52. The van der Waals surface area contributed by atoms with Crippen molar-refractivity contribution in [2.45, 2.75) is 25.3 Å². The van der Waals surface area contributed by atoms with E-state index in [1.165, 1.54) is 38.6 Å². The Labute approximate surface area is 159 Å². The van der Waals surface area contributed by atoms with Crippen LogP contribution in [-0.2, 0) is 4.74 Å². The zero-order chi connectivity index (χ0) is 19.4. The first-order valence-electron chi connectivity index (χ1n) is 9.40. The molecule has 0 saturated carbocycles. The van der Waals surface area contributed by atoms with Crippen molar-refractivity contribution >= 4 is 17.5 Å². The molecule has 3 heterocycles. The smallest absolute Gasteiger partial charge is 0.339 e. The summed E-state index contributed by atoms with van der Waals surface area (Å²) in [4.78, 5) is 33.6. The summed E-state index contributed by atoms with van der Waals surface area (Å²) in [6.07, 6.45) is 5.14. The number of piperidine rings is 1. The molecule has 2 fully saturated rings. The van der Waals surface area contributed by atoms with Crippen molar-refractivity contribution in [3.63, 3.8) is 0 Å². The molecule has 148 valence electrons. The average Bonchev–Trinajstić information content (AvgIpc) is 2.69. The van der Waals surface area contributed by atoms with Gasteiger partial charge in [0.05, 0.1) is 17.6 Å². The number of rotatable bonds is 5. The third-order valence-corrected chi connectivity index (χ3v) is 5.53. The Morgan fingerprint density at radius 2 is 2.04 bits per heavy atom. The number of hydrogen-bond donors (Lipinski definition) is 0. The van der Waals surface area contributed by atoms with E-state index in [1.807, 2.05) is 4.90 Å². The second-order valence-electron chi connectivity index (χ2n) is 7.23. The maximum atomic E-state index is 11.6. The van der Waals surface area contributed by atoms with Crippen molar-refractivity contribution in [3.05, 3.63) is 27.9 Å². The minimum atomic E-state index is -0.626. The number of likely N-dealkylation sites (tertiary alicyclic amines) is 1. The van der Waals surface area contributed by atoms with E-state index in [1.54, 1.807) is 0 Å². The van der Waals surface area contributed by atoms with Crippen LogP contribution < -0.4 is 4.90 Å². The zero-order valence-electron chi connectivity index (χ0n) is 16.0. The summed E-state index contributed by atoms with van der Waals surface area (Å²) in [6, 6.07) is 1.84. The van der Waals surface area contributed by atoms with Gasteiger partial charge in [0.2, 0.25) is 5.82 Å². The van der Waals surface area contributed by atoms with E-state index in [0.717, 1.165) is 26.2 Å². The number of aromatic nitrogens is 1. The van der Waals surface area contributed by atoms with Crippen LogP contribution in [0.5, 0.6) is 0 Å². The fraction of sp³-hybridized carbons (Fsp3) is 0.667. The Balaban J connectivity index is 1.65. The van der Waals surface area contributed by atoms with Crippen LogP contribution in [0.25, 0.3) is 0 Å². The highest BCUT2D eigenvalue weighted by molar-refractivity contribution is 5.90. The molecule has 2 saturated heterocycles. The molecule has 0 aliphatic carbocycles. The van der Waals surface area contributed by atoms with Crippen LogP contribution in [0.4, 0.5) is 11.5 Å². The van der Waals surface area contributed by atoms with Crippen LogP contribution in [-0.4, -0.2) is 85.1 Å². The molecule has 0 bridgehead atoms. The largest absolute Gasteiger partial charge is 0.465 e. The fourth-order valence-corrected chi connectivity index (χ4v) is 3.87. The Kier molecular flexibility index (Phi) is 6.22. The number of hydrogen-bond acceptors (Lipinski definition) is 8. The minimum absolute atomic E-state index is 0.0897. The van der Waals surface area contributed by atoms with Crippen molar-refractivity contribution in [2.75, 3.05) is 58.3 Å². The van der Waals surface area contributed by atoms with E-state index in [4.69, 9.17) is 0 Å². The van der Waals surface area contributed by atoms with Crippen LogP contribution in [0.15, 0.2) is 12.3 Å². The number of anilines is 1. The average molecular weight is 377 g/mol. The van der Waals surface area contributed by atoms with Crippen molar-refractivity contribution in [1.29, 1.82) is 0 Å². The zero-order valence-corrected chi connectivity index (χ0v) is 16.0. The van der Waals surface area contributed by atoms with Crippen molar-refractivity contribution in [2.24, 2.45) is 0 Å². The molecule has 0 aromatic carbocycles. The molecule has 1 unspecified atom stereocenters. The van der Waals surface area contributed by atoms with Crippen molar-refractivity contribution in [1.82, 2.24) is 14.8 Å². The number of methoxy groups -OCH3 is 1. The minimum Gasteiger partial charge on any atom is -0.465 e. The van der Waals surface area contributed by atoms with Gasteiger partial charge in [-0.1, -0.05) is 6.42 Å². The number of ether oxygens (including phenoxy) is 1. The molecule has 0 N–H and O–H groups in total. The third-order valence-electron chi connectivity index (χ3n) is 5.53. The summed E-state index contributed by atoms with van der Waals surface area (Å²) >= 11 is 0. The molecule has 2 aliphatic rings. The lowest BCUT2D eigenvalue weighted by molar-refractivity contribution is -0.384. The van der Waals surface area contributed by atoms with Crippen molar-refractivity contribution in [3.8, 4) is 0 Å². The van der Waals surface area contributed by atoms with E-state index in [9.17, 15) is 14.9 Å². The number of pyridine rings is 1.